The first-order valence-electron chi connectivity index (χ1n) is 4.57. The molecule has 74 valence electrons. The predicted molar refractivity (Wildman–Crippen MR) is 62.1 cm³/mol. The van der Waals surface area contributed by atoms with Crippen molar-refractivity contribution in [2.24, 2.45) is 0 Å². The number of halogens is 1. The molecule has 1 aromatic carbocycles. The van der Waals surface area contributed by atoms with Crippen molar-refractivity contribution in [1.82, 2.24) is 0 Å². The molecule has 0 unspecified atom stereocenters. The van der Waals surface area contributed by atoms with Crippen molar-refractivity contribution in [3.8, 4) is 0 Å². The minimum Gasteiger partial charge on any atom is -0.391 e. The van der Waals surface area contributed by atoms with Gasteiger partial charge in [-0.3, -0.25) is 0 Å². The lowest BCUT2D eigenvalue weighted by atomic mass is 10.1. The van der Waals surface area contributed by atoms with E-state index < -0.39 is 0 Å². The summed E-state index contributed by atoms with van der Waals surface area (Å²) in [5, 5.41) is 11.0. The summed E-state index contributed by atoms with van der Waals surface area (Å²) in [6.45, 7) is 2.22. The van der Waals surface area contributed by atoms with Crippen molar-refractivity contribution in [2.75, 3.05) is 0 Å². The van der Waals surface area contributed by atoms with Crippen LogP contribution in [0.5, 0.6) is 0 Å². The normalized spacial score (nSPS) is 11.1. The van der Waals surface area contributed by atoms with E-state index in [1.807, 2.05) is 12.1 Å². The van der Waals surface area contributed by atoms with Gasteiger partial charge in [-0.25, -0.2) is 0 Å². The van der Waals surface area contributed by atoms with Gasteiger partial charge in [0.2, 0.25) is 0 Å². The van der Waals surface area contributed by atoms with Crippen molar-refractivity contribution in [3.05, 3.63) is 33.7 Å². The molecule has 0 amide bonds. The van der Waals surface area contributed by atoms with Crippen molar-refractivity contribution in [1.29, 1.82) is 0 Å². The van der Waals surface area contributed by atoms with Crippen LogP contribution < -0.4 is 0 Å². The van der Waals surface area contributed by atoms with Crippen LogP contribution in [0.3, 0.4) is 0 Å². The molecule has 0 fully saturated rings. The summed E-state index contributed by atoms with van der Waals surface area (Å²) in [5.41, 5.74) is 1.29. The number of rotatable bonds is 2. The average Bonchev–Trinajstić information content (AvgIpc) is 2.63. The van der Waals surface area contributed by atoms with Crippen molar-refractivity contribution < 1.29 is 5.11 Å². The lowest BCUT2D eigenvalue weighted by Crippen LogP contribution is -1.80. The maximum atomic E-state index is 9.06. The second kappa shape index (κ2) is 3.89. The predicted octanol–water partition coefficient (Wildman–Crippen LogP) is 3.61. The highest BCUT2D eigenvalue weighted by Crippen LogP contribution is 2.34. The zero-order valence-corrected chi connectivity index (χ0v) is 9.45. The zero-order valence-electron chi connectivity index (χ0n) is 7.88. The number of thiophene rings is 1. The first kappa shape index (κ1) is 9.97. The summed E-state index contributed by atoms with van der Waals surface area (Å²) in [6, 6.07) is 6.02. The number of hydrogen-bond acceptors (Lipinski definition) is 2. The van der Waals surface area contributed by atoms with E-state index in [1.54, 1.807) is 11.3 Å². The van der Waals surface area contributed by atoms with E-state index in [2.05, 4.69) is 13.0 Å². The SMILES string of the molecule is CCc1ccc(Cl)c2sc(CO)cc12. The summed E-state index contributed by atoms with van der Waals surface area (Å²) >= 11 is 7.66. The number of benzene rings is 1. The zero-order chi connectivity index (χ0) is 10.1. The van der Waals surface area contributed by atoms with Crippen LogP contribution in [0.1, 0.15) is 17.4 Å². The molecule has 1 heterocycles. The number of aliphatic hydroxyl groups excluding tert-OH is 1. The highest BCUT2D eigenvalue weighted by molar-refractivity contribution is 7.19. The molecule has 1 N–H and O–H groups in total. The molecule has 1 nitrogen and oxygen atoms in total. The Balaban J connectivity index is 2.74. The van der Waals surface area contributed by atoms with E-state index in [-0.39, 0.29) is 6.61 Å². The van der Waals surface area contributed by atoms with E-state index in [4.69, 9.17) is 16.7 Å². The number of aliphatic hydroxyl groups is 1. The second-order valence-electron chi connectivity index (χ2n) is 3.17. The topological polar surface area (TPSA) is 20.2 Å². The fraction of sp³-hybridized carbons (Fsp3) is 0.273. The molecule has 0 spiro atoms. The molecule has 14 heavy (non-hydrogen) atoms. The summed E-state index contributed by atoms with van der Waals surface area (Å²) in [6.07, 6.45) is 0.995. The molecule has 0 aliphatic heterocycles. The highest BCUT2D eigenvalue weighted by Gasteiger charge is 2.07. The van der Waals surface area contributed by atoms with Crippen LogP contribution in [0.4, 0.5) is 0 Å². The highest BCUT2D eigenvalue weighted by atomic mass is 35.5. The second-order valence-corrected chi connectivity index (χ2v) is 4.72. The maximum Gasteiger partial charge on any atom is 0.0774 e. The summed E-state index contributed by atoms with van der Waals surface area (Å²) in [5.74, 6) is 0. The smallest absolute Gasteiger partial charge is 0.0774 e. The lowest BCUT2D eigenvalue weighted by Gasteiger charge is -1.99. The minimum absolute atomic E-state index is 0.0961. The van der Waals surface area contributed by atoms with Gasteiger partial charge in [-0.2, -0.15) is 0 Å². The summed E-state index contributed by atoms with van der Waals surface area (Å²) < 4.78 is 1.09. The van der Waals surface area contributed by atoms with Crippen LogP contribution in [0.25, 0.3) is 10.1 Å². The summed E-state index contributed by atoms with van der Waals surface area (Å²) in [4.78, 5) is 0.975. The van der Waals surface area contributed by atoms with Crippen LogP contribution in [0.15, 0.2) is 18.2 Å². The van der Waals surface area contributed by atoms with E-state index in [0.717, 1.165) is 21.0 Å². The van der Waals surface area contributed by atoms with Gasteiger partial charge < -0.3 is 5.11 Å². The molecule has 2 rings (SSSR count). The summed E-state index contributed by atoms with van der Waals surface area (Å²) in [7, 11) is 0. The molecule has 0 atom stereocenters. The van der Waals surface area contributed by atoms with Gasteiger partial charge in [0.15, 0.2) is 0 Å². The van der Waals surface area contributed by atoms with Crippen molar-refractivity contribution in [3.63, 3.8) is 0 Å². The fourth-order valence-electron chi connectivity index (χ4n) is 1.58. The number of hydrogen-bond donors (Lipinski definition) is 1. The van der Waals surface area contributed by atoms with Gasteiger partial charge in [0.25, 0.3) is 0 Å². The van der Waals surface area contributed by atoms with Gasteiger partial charge in [0.05, 0.1) is 16.3 Å². The van der Waals surface area contributed by atoms with Crippen LogP contribution in [-0.2, 0) is 13.0 Å². The molecule has 0 radical (unpaired) electrons. The molecule has 3 heteroatoms. The van der Waals surface area contributed by atoms with Crippen molar-refractivity contribution in [2.45, 2.75) is 20.0 Å². The Morgan fingerprint density at radius 1 is 1.43 bits per heavy atom. The first-order valence-corrected chi connectivity index (χ1v) is 5.76. The number of aryl methyl sites for hydroxylation is 1. The van der Waals surface area contributed by atoms with E-state index in [1.165, 1.54) is 10.9 Å². The largest absolute Gasteiger partial charge is 0.391 e. The molecule has 0 saturated heterocycles. The number of fused-ring (bicyclic) bond motifs is 1. The van der Waals surface area contributed by atoms with E-state index in [0.29, 0.717) is 0 Å². The molecule has 0 aliphatic carbocycles. The Labute approximate surface area is 91.9 Å². The Hall–Kier alpha value is -0.570. The van der Waals surface area contributed by atoms with E-state index in [9.17, 15) is 0 Å². The fourth-order valence-corrected chi connectivity index (χ4v) is 2.83. The third-order valence-electron chi connectivity index (χ3n) is 2.31. The van der Waals surface area contributed by atoms with Gasteiger partial charge in [0.1, 0.15) is 0 Å². The molecule has 1 aromatic heterocycles. The van der Waals surface area contributed by atoms with Crippen LogP contribution in [0, 0.1) is 0 Å². The Morgan fingerprint density at radius 3 is 2.86 bits per heavy atom. The first-order chi connectivity index (χ1) is 6.76. The van der Waals surface area contributed by atoms with Gasteiger partial charge in [-0.05, 0) is 29.5 Å². The minimum atomic E-state index is 0.0961. The lowest BCUT2D eigenvalue weighted by molar-refractivity contribution is 0.285. The molecule has 0 bridgehead atoms. The molecular weight excluding hydrogens is 216 g/mol. The third-order valence-corrected chi connectivity index (χ3v) is 3.89. The van der Waals surface area contributed by atoms with Crippen LogP contribution in [-0.4, -0.2) is 5.11 Å². The van der Waals surface area contributed by atoms with Gasteiger partial charge in [-0.15, -0.1) is 11.3 Å². The quantitative estimate of drug-likeness (QED) is 0.830. The molecule has 2 aromatic rings. The monoisotopic (exact) mass is 226 g/mol. The molecular formula is C11H11ClOS. The standard InChI is InChI=1S/C11H11ClOS/c1-2-7-3-4-10(12)11-9(7)5-8(6-13)14-11/h3-5,13H,2,6H2,1H3. The third kappa shape index (κ3) is 1.54. The molecule has 0 aliphatic rings. The Bertz CT molecular complexity index is 462. The Kier molecular flexibility index (Phi) is 2.77. The van der Waals surface area contributed by atoms with Gasteiger partial charge in [0, 0.05) is 4.88 Å². The maximum absolute atomic E-state index is 9.06. The van der Waals surface area contributed by atoms with Crippen LogP contribution >= 0.6 is 22.9 Å². The van der Waals surface area contributed by atoms with Gasteiger partial charge >= 0.3 is 0 Å². The Morgan fingerprint density at radius 2 is 2.21 bits per heavy atom. The van der Waals surface area contributed by atoms with Crippen LogP contribution in [0.2, 0.25) is 5.02 Å². The van der Waals surface area contributed by atoms with Gasteiger partial charge in [-0.1, -0.05) is 24.6 Å². The van der Waals surface area contributed by atoms with E-state index >= 15 is 0 Å². The average molecular weight is 227 g/mol. The molecule has 0 saturated carbocycles. The van der Waals surface area contributed by atoms with Crippen molar-refractivity contribution >= 4 is 33.0 Å².